The molecule has 6 unspecified atom stereocenters. The van der Waals surface area contributed by atoms with Crippen LogP contribution >= 0.6 is 0 Å². The number of phenols is 1. The van der Waals surface area contributed by atoms with E-state index < -0.39 is 0 Å². The van der Waals surface area contributed by atoms with E-state index in [-0.39, 0.29) is 17.6 Å². The van der Waals surface area contributed by atoms with Gasteiger partial charge in [-0.05, 0) is 78.5 Å². The number of hydrogen-bond acceptors (Lipinski definition) is 3. The lowest BCUT2D eigenvalue weighted by molar-refractivity contribution is -0.0741. The molecule has 3 aliphatic carbocycles. The van der Waals surface area contributed by atoms with Crippen LogP contribution in [0, 0.1) is 17.3 Å². The van der Waals surface area contributed by atoms with Crippen molar-refractivity contribution in [1.82, 2.24) is 0 Å². The zero-order valence-electron chi connectivity index (χ0n) is 13.5. The molecule has 1 aromatic carbocycles. The molecule has 120 valence electrons. The molecule has 1 aromatic rings. The minimum Gasteiger partial charge on any atom is -0.508 e. The summed E-state index contributed by atoms with van der Waals surface area (Å²) >= 11 is 0. The molecule has 2 N–H and O–H groups in total. The standard InChI is InChI=1S/C19H26O3/c1-19-8-7-14-13-6-4-12(20)9-11(13)3-5-15(14)16(19)10-17(21)18(19)22-2/h4,6,9,14-18,20-21H,3,5,7-8,10H2,1-2H3. The number of aryl methyl sites for hydroxylation is 1. The van der Waals surface area contributed by atoms with E-state index in [4.69, 9.17) is 4.74 Å². The average molecular weight is 302 g/mol. The predicted molar refractivity (Wildman–Crippen MR) is 84.9 cm³/mol. The molecule has 0 aromatic heterocycles. The number of ether oxygens (including phenoxy) is 1. The summed E-state index contributed by atoms with van der Waals surface area (Å²) in [5.74, 6) is 2.16. The molecule has 0 radical (unpaired) electrons. The largest absolute Gasteiger partial charge is 0.508 e. The summed E-state index contributed by atoms with van der Waals surface area (Å²) in [4.78, 5) is 0. The average Bonchev–Trinajstić information content (AvgIpc) is 2.76. The van der Waals surface area contributed by atoms with Gasteiger partial charge in [0.15, 0.2) is 0 Å². The van der Waals surface area contributed by atoms with E-state index in [0.717, 1.165) is 19.3 Å². The second kappa shape index (κ2) is 4.97. The summed E-state index contributed by atoms with van der Waals surface area (Å²) in [5, 5.41) is 20.2. The zero-order valence-corrected chi connectivity index (χ0v) is 13.5. The molecular formula is C19H26O3. The van der Waals surface area contributed by atoms with Crippen molar-refractivity contribution in [3.8, 4) is 5.75 Å². The summed E-state index contributed by atoms with van der Waals surface area (Å²) in [6.07, 6.45) is 5.05. The summed E-state index contributed by atoms with van der Waals surface area (Å²) in [6.45, 7) is 2.32. The molecule has 0 amide bonds. The molecule has 0 spiro atoms. The number of fused-ring (bicyclic) bond motifs is 5. The molecule has 0 aliphatic heterocycles. The van der Waals surface area contributed by atoms with Crippen LogP contribution in [-0.4, -0.2) is 29.5 Å². The van der Waals surface area contributed by atoms with E-state index in [9.17, 15) is 10.2 Å². The number of hydrogen-bond donors (Lipinski definition) is 2. The third-order valence-corrected chi connectivity index (χ3v) is 6.90. The molecule has 2 fully saturated rings. The lowest BCUT2D eigenvalue weighted by atomic mass is 9.55. The van der Waals surface area contributed by atoms with Gasteiger partial charge in [0.05, 0.1) is 12.2 Å². The maximum absolute atomic E-state index is 10.4. The normalized spacial score (nSPS) is 43.3. The van der Waals surface area contributed by atoms with Crippen molar-refractivity contribution in [2.24, 2.45) is 17.3 Å². The number of methoxy groups -OCH3 is 1. The van der Waals surface area contributed by atoms with Gasteiger partial charge in [0, 0.05) is 7.11 Å². The van der Waals surface area contributed by atoms with Crippen molar-refractivity contribution in [3.63, 3.8) is 0 Å². The van der Waals surface area contributed by atoms with Crippen molar-refractivity contribution >= 4 is 0 Å². The van der Waals surface area contributed by atoms with Gasteiger partial charge in [0.1, 0.15) is 5.75 Å². The first-order valence-corrected chi connectivity index (χ1v) is 8.57. The highest BCUT2D eigenvalue weighted by Crippen LogP contribution is 2.61. The van der Waals surface area contributed by atoms with E-state index in [1.54, 1.807) is 7.11 Å². The maximum atomic E-state index is 10.4. The van der Waals surface area contributed by atoms with E-state index in [0.29, 0.717) is 23.5 Å². The molecule has 2 saturated carbocycles. The minimum absolute atomic E-state index is 0.0142. The smallest absolute Gasteiger partial charge is 0.115 e. The van der Waals surface area contributed by atoms with Crippen molar-refractivity contribution in [1.29, 1.82) is 0 Å². The van der Waals surface area contributed by atoms with E-state index in [2.05, 4.69) is 13.0 Å². The first-order chi connectivity index (χ1) is 10.5. The van der Waals surface area contributed by atoms with E-state index in [1.165, 1.54) is 24.0 Å². The number of aromatic hydroxyl groups is 1. The third-order valence-electron chi connectivity index (χ3n) is 6.90. The summed E-state index contributed by atoms with van der Waals surface area (Å²) in [6, 6.07) is 5.90. The third kappa shape index (κ3) is 1.88. The molecular weight excluding hydrogens is 276 g/mol. The molecule has 22 heavy (non-hydrogen) atoms. The Labute approximate surface area is 132 Å². The Balaban J connectivity index is 1.69. The van der Waals surface area contributed by atoms with Crippen molar-refractivity contribution in [2.45, 2.75) is 57.2 Å². The number of aliphatic hydroxyl groups is 1. The summed E-state index contributed by atoms with van der Waals surface area (Å²) in [7, 11) is 1.74. The van der Waals surface area contributed by atoms with Crippen LogP contribution in [0.1, 0.15) is 49.7 Å². The quantitative estimate of drug-likeness (QED) is 0.837. The maximum Gasteiger partial charge on any atom is 0.115 e. The van der Waals surface area contributed by atoms with Gasteiger partial charge in [-0.25, -0.2) is 0 Å². The Morgan fingerprint density at radius 1 is 1.27 bits per heavy atom. The fourth-order valence-corrected chi connectivity index (χ4v) is 5.96. The monoisotopic (exact) mass is 302 g/mol. The number of benzene rings is 1. The van der Waals surface area contributed by atoms with Gasteiger partial charge in [0.2, 0.25) is 0 Å². The van der Waals surface area contributed by atoms with Crippen LogP contribution in [-0.2, 0) is 11.2 Å². The van der Waals surface area contributed by atoms with Gasteiger partial charge in [-0.15, -0.1) is 0 Å². The predicted octanol–water partition coefficient (Wildman–Crippen LogP) is 3.23. The molecule has 4 rings (SSSR count). The van der Waals surface area contributed by atoms with Crippen LogP contribution in [0.2, 0.25) is 0 Å². The van der Waals surface area contributed by atoms with Crippen LogP contribution in [0.25, 0.3) is 0 Å². The molecule has 0 bridgehead atoms. The second-order valence-corrected chi connectivity index (χ2v) is 7.80. The Hall–Kier alpha value is -1.06. The van der Waals surface area contributed by atoms with Gasteiger partial charge in [-0.3, -0.25) is 0 Å². The fraction of sp³-hybridized carbons (Fsp3) is 0.684. The van der Waals surface area contributed by atoms with Crippen LogP contribution in [0.15, 0.2) is 18.2 Å². The zero-order chi connectivity index (χ0) is 15.5. The Morgan fingerprint density at radius 2 is 2.09 bits per heavy atom. The van der Waals surface area contributed by atoms with Gasteiger partial charge >= 0.3 is 0 Å². The lowest BCUT2D eigenvalue weighted by Crippen LogP contribution is -2.45. The molecule has 3 heteroatoms. The summed E-state index contributed by atoms with van der Waals surface area (Å²) < 4.78 is 5.68. The number of phenolic OH excluding ortho intramolecular Hbond substituents is 1. The topological polar surface area (TPSA) is 49.7 Å². The lowest BCUT2D eigenvalue weighted by Gasteiger charge is -2.50. The van der Waals surface area contributed by atoms with Crippen molar-refractivity contribution in [3.05, 3.63) is 29.3 Å². The van der Waals surface area contributed by atoms with Crippen molar-refractivity contribution < 1.29 is 14.9 Å². The Kier molecular flexibility index (Phi) is 3.28. The summed E-state index contributed by atoms with van der Waals surface area (Å²) in [5.41, 5.74) is 2.88. The first-order valence-electron chi connectivity index (χ1n) is 8.57. The van der Waals surface area contributed by atoms with Gasteiger partial charge in [-0.1, -0.05) is 13.0 Å². The van der Waals surface area contributed by atoms with Gasteiger partial charge < -0.3 is 14.9 Å². The number of aliphatic hydroxyl groups excluding tert-OH is 1. The second-order valence-electron chi connectivity index (χ2n) is 7.80. The molecule has 0 heterocycles. The number of rotatable bonds is 1. The van der Waals surface area contributed by atoms with Crippen LogP contribution in [0.4, 0.5) is 0 Å². The Bertz CT molecular complexity index is 584. The highest BCUT2D eigenvalue weighted by atomic mass is 16.5. The van der Waals surface area contributed by atoms with Crippen LogP contribution < -0.4 is 0 Å². The van der Waals surface area contributed by atoms with E-state index >= 15 is 0 Å². The van der Waals surface area contributed by atoms with Gasteiger partial charge in [0.25, 0.3) is 0 Å². The SMILES string of the molecule is COC1C(O)CC2C3CCc4cc(O)ccc4C3CCC21C. The van der Waals surface area contributed by atoms with Crippen LogP contribution in [0.3, 0.4) is 0 Å². The molecule has 6 atom stereocenters. The minimum atomic E-state index is -0.319. The molecule has 0 saturated heterocycles. The Morgan fingerprint density at radius 3 is 2.86 bits per heavy atom. The first kappa shape index (κ1) is 14.5. The van der Waals surface area contributed by atoms with Crippen LogP contribution in [0.5, 0.6) is 5.75 Å². The van der Waals surface area contributed by atoms with Crippen molar-refractivity contribution in [2.75, 3.05) is 7.11 Å². The highest BCUT2D eigenvalue weighted by molar-refractivity contribution is 5.40. The fourth-order valence-electron chi connectivity index (χ4n) is 5.96. The van der Waals surface area contributed by atoms with E-state index in [1.807, 2.05) is 12.1 Å². The molecule has 3 aliphatic rings. The van der Waals surface area contributed by atoms with Gasteiger partial charge in [-0.2, -0.15) is 0 Å². The molecule has 3 nitrogen and oxygen atoms in total. The highest BCUT2D eigenvalue weighted by Gasteiger charge is 2.58.